The second kappa shape index (κ2) is 6.65. The average molecular weight is 200 g/mol. The van der Waals surface area contributed by atoms with E-state index in [1.807, 2.05) is 6.92 Å². The van der Waals surface area contributed by atoms with Gasteiger partial charge in [-0.1, -0.05) is 6.42 Å². The van der Waals surface area contributed by atoms with Crippen LogP contribution in [0.2, 0.25) is 0 Å². The van der Waals surface area contributed by atoms with E-state index in [1.54, 1.807) is 0 Å². The fourth-order valence-corrected chi connectivity index (χ4v) is 1.70. The molecular weight excluding hydrogens is 180 g/mol. The van der Waals surface area contributed by atoms with Crippen LogP contribution in [-0.4, -0.2) is 31.8 Å². The van der Waals surface area contributed by atoms with Crippen LogP contribution in [0.15, 0.2) is 0 Å². The standard InChI is InChI=1S/C10H20N2O2/c1-2-14-10(13)12-8-6-9-5-3-4-7-11-9/h9,11H,2-8H2,1H3,(H,12,13). The quantitative estimate of drug-likeness (QED) is 0.718. The summed E-state index contributed by atoms with van der Waals surface area (Å²) in [6, 6.07) is 0.575. The molecule has 1 aliphatic rings. The second-order valence-electron chi connectivity index (χ2n) is 3.58. The van der Waals surface area contributed by atoms with Gasteiger partial charge < -0.3 is 15.4 Å². The predicted molar refractivity (Wildman–Crippen MR) is 55.3 cm³/mol. The molecule has 0 bridgehead atoms. The predicted octanol–water partition coefficient (Wildman–Crippen LogP) is 1.26. The van der Waals surface area contributed by atoms with Gasteiger partial charge in [-0.05, 0) is 32.7 Å². The molecular formula is C10H20N2O2. The molecule has 1 rings (SSSR count). The molecule has 1 atom stereocenters. The van der Waals surface area contributed by atoms with Gasteiger partial charge in [-0.3, -0.25) is 0 Å². The zero-order valence-corrected chi connectivity index (χ0v) is 8.84. The molecule has 1 fully saturated rings. The Morgan fingerprint density at radius 1 is 1.57 bits per heavy atom. The summed E-state index contributed by atoms with van der Waals surface area (Å²) in [5.74, 6) is 0. The van der Waals surface area contributed by atoms with E-state index in [0.717, 1.165) is 13.0 Å². The maximum atomic E-state index is 10.9. The van der Waals surface area contributed by atoms with E-state index in [0.29, 0.717) is 19.2 Å². The molecule has 0 aromatic heterocycles. The Hall–Kier alpha value is -0.770. The largest absolute Gasteiger partial charge is 0.450 e. The highest BCUT2D eigenvalue weighted by Crippen LogP contribution is 2.08. The first-order chi connectivity index (χ1) is 6.83. The Morgan fingerprint density at radius 2 is 2.43 bits per heavy atom. The van der Waals surface area contributed by atoms with Crippen molar-refractivity contribution >= 4 is 6.09 Å². The number of nitrogens with one attached hydrogen (secondary N) is 2. The number of piperidine rings is 1. The molecule has 0 spiro atoms. The molecule has 2 N–H and O–H groups in total. The third-order valence-electron chi connectivity index (χ3n) is 2.45. The number of alkyl carbamates (subject to hydrolysis) is 1. The summed E-state index contributed by atoms with van der Waals surface area (Å²) in [5, 5.41) is 6.16. The molecule has 1 saturated heterocycles. The molecule has 0 aromatic carbocycles. The summed E-state index contributed by atoms with van der Waals surface area (Å²) in [7, 11) is 0. The third kappa shape index (κ3) is 4.46. The zero-order valence-electron chi connectivity index (χ0n) is 8.84. The Balaban J connectivity index is 1.99. The lowest BCUT2D eigenvalue weighted by molar-refractivity contribution is 0.151. The molecule has 0 radical (unpaired) electrons. The minimum Gasteiger partial charge on any atom is -0.450 e. The lowest BCUT2D eigenvalue weighted by atomic mass is 10.0. The molecule has 1 amide bonds. The summed E-state index contributed by atoms with van der Waals surface area (Å²) < 4.78 is 4.76. The molecule has 82 valence electrons. The number of ether oxygens (including phenoxy) is 1. The molecule has 0 aliphatic carbocycles. The summed E-state index contributed by atoms with van der Waals surface area (Å²) >= 11 is 0. The first-order valence-corrected chi connectivity index (χ1v) is 5.47. The highest BCUT2D eigenvalue weighted by atomic mass is 16.5. The topological polar surface area (TPSA) is 50.4 Å². The van der Waals surface area contributed by atoms with Crippen molar-refractivity contribution in [2.24, 2.45) is 0 Å². The van der Waals surface area contributed by atoms with Crippen molar-refractivity contribution in [2.45, 2.75) is 38.6 Å². The highest BCUT2D eigenvalue weighted by Gasteiger charge is 2.12. The summed E-state index contributed by atoms with van der Waals surface area (Å²) in [5.41, 5.74) is 0. The summed E-state index contributed by atoms with van der Waals surface area (Å²) in [4.78, 5) is 10.9. The second-order valence-corrected chi connectivity index (χ2v) is 3.58. The van der Waals surface area contributed by atoms with Crippen LogP contribution >= 0.6 is 0 Å². The zero-order chi connectivity index (χ0) is 10.2. The summed E-state index contributed by atoms with van der Waals surface area (Å²) in [6.07, 6.45) is 4.51. The molecule has 0 aromatic rings. The Bertz CT molecular complexity index is 168. The van der Waals surface area contributed by atoms with E-state index in [2.05, 4.69) is 10.6 Å². The van der Waals surface area contributed by atoms with Crippen LogP contribution in [0.25, 0.3) is 0 Å². The van der Waals surface area contributed by atoms with Gasteiger partial charge in [0.1, 0.15) is 0 Å². The van der Waals surface area contributed by atoms with Gasteiger partial charge in [0.2, 0.25) is 0 Å². The number of carbonyl (C=O) groups is 1. The summed E-state index contributed by atoms with van der Waals surface area (Å²) in [6.45, 7) is 4.07. The maximum Gasteiger partial charge on any atom is 0.407 e. The third-order valence-corrected chi connectivity index (χ3v) is 2.45. The first kappa shape index (κ1) is 11.3. The first-order valence-electron chi connectivity index (χ1n) is 5.47. The molecule has 1 heterocycles. The number of carbonyl (C=O) groups excluding carboxylic acids is 1. The molecule has 14 heavy (non-hydrogen) atoms. The Morgan fingerprint density at radius 3 is 3.07 bits per heavy atom. The molecule has 1 unspecified atom stereocenters. The maximum absolute atomic E-state index is 10.9. The normalized spacial score (nSPS) is 21.6. The van der Waals surface area contributed by atoms with Crippen LogP contribution in [0.1, 0.15) is 32.6 Å². The van der Waals surface area contributed by atoms with Crippen LogP contribution in [-0.2, 0) is 4.74 Å². The van der Waals surface area contributed by atoms with Crippen LogP contribution in [0.5, 0.6) is 0 Å². The molecule has 0 saturated carbocycles. The molecule has 1 aliphatic heterocycles. The number of amides is 1. The van der Waals surface area contributed by atoms with Gasteiger partial charge in [-0.25, -0.2) is 4.79 Å². The van der Waals surface area contributed by atoms with Crippen molar-refractivity contribution in [3.05, 3.63) is 0 Å². The van der Waals surface area contributed by atoms with Crippen LogP contribution in [0.4, 0.5) is 4.79 Å². The van der Waals surface area contributed by atoms with E-state index in [4.69, 9.17) is 4.74 Å². The van der Waals surface area contributed by atoms with Gasteiger partial charge >= 0.3 is 6.09 Å². The monoisotopic (exact) mass is 200 g/mol. The van der Waals surface area contributed by atoms with Gasteiger partial charge in [0.15, 0.2) is 0 Å². The minimum absolute atomic E-state index is 0.302. The van der Waals surface area contributed by atoms with Crippen LogP contribution in [0, 0.1) is 0 Å². The van der Waals surface area contributed by atoms with E-state index >= 15 is 0 Å². The highest BCUT2D eigenvalue weighted by molar-refractivity contribution is 5.66. The molecule has 4 heteroatoms. The van der Waals surface area contributed by atoms with Crippen LogP contribution in [0.3, 0.4) is 0 Å². The minimum atomic E-state index is -0.302. The fourth-order valence-electron chi connectivity index (χ4n) is 1.70. The lowest BCUT2D eigenvalue weighted by Crippen LogP contribution is -2.37. The van der Waals surface area contributed by atoms with Crippen LogP contribution < -0.4 is 10.6 Å². The Kier molecular flexibility index (Phi) is 5.37. The van der Waals surface area contributed by atoms with Gasteiger partial charge in [-0.2, -0.15) is 0 Å². The van der Waals surface area contributed by atoms with Gasteiger partial charge in [0.05, 0.1) is 6.61 Å². The number of rotatable bonds is 4. The van der Waals surface area contributed by atoms with E-state index in [9.17, 15) is 4.79 Å². The number of hydrogen-bond acceptors (Lipinski definition) is 3. The van der Waals surface area contributed by atoms with Crippen molar-refractivity contribution < 1.29 is 9.53 Å². The van der Waals surface area contributed by atoms with Crippen molar-refractivity contribution in [3.8, 4) is 0 Å². The Labute approximate surface area is 85.4 Å². The van der Waals surface area contributed by atoms with E-state index in [-0.39, 0.29) is 6.09 Å². The van der Waals surface area contributed by atoms with Crippen molar-refractivity contribution in [3.63, 3.8) is 0 Å². The van der Waals surface area contributed by atoms with Gasteiger partial charge in [0.25, 0.3) is 0 Å². The molecule has 4 nitrogen and oxygen atoms in total. The van der Waals surface area contributed by atoms with Gasteiger partial charge in [0, 0.05) is 12.6 Å². The fraction of sp³-hybridized carbons (Fsp3) is 0.900. The van der Waals surface area contributed by atoms with E-state index < -0.39 is 0 Å². The van der Waals surface area contributed by atoms with Crippen molar-refractivity contribution in [1.82, 2.24) is 10.6 Å². The van der Waals surface area contributed by atoms with Crippen molar-refractivity contribution in [1.29, 1.82) is 0 Å². The average Bonchev–Trinajstić information content (AvgIpc) is 2.20. The SMILES string of the molecule is CCOC(=O)NCCC1CCCCN1. The smallest absolute Gasteiger partial charge is 0.407 e. The van der Waals surface area contributed by atoms with E-state index in [1.165, 1.54) is 19.3 Å². The lowest BCUT2D eigenvalue weighted by Gasteiger charge is -2.23. The van der Waals surface area contributed by atoms with Crippen molar-refractivity contribution in [2.75, 3.05) is 19.7 Å². The van der Waals surface area contributed by atoms with Gasteiger partial charge in [-0.15, -0.1) is 0 Å². The number of hydrogen-bond donors (Lipinski definition) is 2.